The average Bonchev–Trinajstić information content (AvgIpc) is 2.88. The minimum absolute atomic E-state index is 0.441. The summed E-state index contributed by atoms with van der Waals surface area (Å²) in [4.78, 5) is 1.25. The predicted molar refractivity (Wildman–Crippen MR) is 81.9 cm³/mol. The van der Waals surface area contributed by atoms with E-state index in [9.17, 15) is 0 Å². The Morgan fingerprint density at radius 1 is 1.32 bits per heavy atom. The summed E-state index contributed by atoms with van der Waals surface area (Å²) in [6.45, 7) is 7.00. The second-order valence-electron chi connectivity index (χ2n) is 4.73. The van der Waals surface area contributed by atoms with E-state index >= 15 is 0 Å². The smallest absolute Gasteiger partial charge is 0.0701 e. The summed E-state index contributed by atoms with van der Waals surface area (Å²) in [6.07, 6.45) is 2.02. The van der Waals surface area contributed by atoms with Crippen LogP contribution in [0, 0.1) is 0 Å². The van der Waals surface area contributed by atoms with E-state index in [1.54, 1.807) is 0 Å². The first kappa shape index (κ1) is 14.2. The molecule has 0 amide bonds. The van der Waals surface area contributed by atoms with Gasteiger partial charge in [-0.2, -0.15) is 5.10 Å². The number of benzene rings is 1. The highest BCUT2D eigenvalue weighted by atomic mass is 32.2. The average molecular weight is 275 g/mol. The molecule has 0 spiro atoms. The molecule has 0 aliphatic heterocycles. The summed E-state index contributed by atoms with van der Waals surface area (Å²) in [7, 11) is 0. The Labute approximate surface area is 119 Å². The SMILES string of the molecule is CCSc1cccc(-n2ccc(C(C)C)n2)c1CN. The number of hydrogen-bond acceptors (Lipinski definition) is 3. The maximum Gasteiger partial charge on any atom is 0.0701 e. The van der Waals surface area contributed by atoms with Crippen LogP contribution >= 0.6 is 11.8 Å². The molecule has 0 saturated heterocycles. The van der Waals surface area contributed by atoms with Crippen LogP contribution in [-0.2, 0) is 6.54 Å². The molecule has 0 unspecified atom stereocenters. The number of hydrogen-bond donors (Lipinski definition) is 1. The van der Waals surface area contributed by atoms with Crippen molar-refractivity contribution < 1.29 is 0 Å². The van der Waals surface area contributed by atoms with Crippen molar-refractivity contribution in [3.8, 4) is 5.69 Å². The predicted octanol–water partition coefficient (Wildman–Crippen LogP) is 3.57. The molecule has 1 aromatic heterocycles. The lowest BCUT2D eigenvalue weighted by Gasteiger charge is -2.12. The molecule has 0 fully saturated rings. The van der Waals surface area contributed by atoms with Gasteiger partial charge in [0, 0.05) is 23.2 Å². The second-order valence-corrected chi connectivity index (χ2v) is 6.04. The van der Waals surface area contributed by atoms with Crippen molar-refractivity contribution in [2.75, 3.05) is 5.75 Å². The number of aromatic nitrogens is 2. The third-order valence-electron chi connectivity index (χ3n) is 3.06. The van der Waals surface area contributed by atoms with Crippen molar-refractivity contribution in [2.45, 2.75) is 38.1 Å². The van der Waals surface area contributed by atoms with E-state index in [1.165, 1.54) is 10.5 Å². The Kier molecular flexibility index (Phi) is 4.66. The van der Waals surface area contributed by atoms with Gasteiger partial charge in [0.05, 0.1) is 11.4 Å². The van der Waals surface area contributed by atoms with Crippen LogP contribution in [0.5, 0.6) is 0 Å². The van der Waals surface area contributed by atoms with Gasteiger partial charge in [-0.3, -0.25) is 0 Å². The molecular weight excluding hydrogens is 254 g/mol. The molecular formula is C15H21N3S. The molecule has 2 aromatic rings. The van der Waals surface area contributed by atoms with Gasteiger partial charge < -0.3 is 5.73 Å². The van der Waals surface area contributed by atoms with Crippen LogP contribution in [0.1, 0.15) is 37.9 Å². The molecule has 3 nitrogen and oxygen atoms in total. The standard InChI is InChI=1S/C15H21N3S/c1-4-19-15-7-5-6-14(12(15)10-16)18-9-8-13(17-18)11(2)3/h5-9,11H,4,10,16H2,1-3H3. The van der Waals surface area contributed by atoms with Gasteiger partial charge in [0.15, 0.2) is 0 Å². The number of thioether (sulfide) groups is 1. The van der Waals surface area contributed by atoms with E-state index in [1.807, 2.05) is 22.6 Å². The van der Waals surface area contributed by atoms with Crippen molar-refractivity contribution in [1.29, 1.82) is 0 Å². The van der Waals surface area contributed by atoms with Crippen molar-refractivity contribution in [1.82, 2.24) is 9.78 Å². The molecule has 0 aliphatic rings. The normalized spacial score (nSPS) is 11.2. The van der Waals surface area contributed by atoms with E-state index < -0.39 is 0 Å². The molecule has 1 aromatic carbocycles. The molecule has 1 heterocycles. The lowest BCUT2D eigenvalue weighted by molar-refractivity contribution is 0.761. The lowest BCUT2D eigenvalue weighted by Crippen LogP contribution is -2.07. The van der Waals surface area contributed by atoms with Gasteiger partial charge in [0.25, 0.3) is 0 Å². The molecule has 2 N–H and O–H groups in total. The Bertz CT molecular complexity index is 546. The van der Waals surface area contributed by atoms with Gasteiger partial charge in [0.1, 0.15) is 0 Å². The van der Waals surface area contributed by atoms with E-state index in [0.717, 1.165) is 17.1 Å². The van der Waals surface area contributed by atoms with Gasteiger partial charge in [-0.25, -0.2) is 4.68 Å². The molecule has 0 saturated carbocycles. The van der Waals surface area contributed by atoms with E-state index in [2.05, 4.69) is 50.1 Å². The Morgan fingerprint density at radius 2 is 2.11 bits per heavy atom. The van der Waals surface area contributed by atoms with Crippen molar-refractivity contribution in [3.63, 3.8) is 0 Å². The number of rotatable bonds is 5. The second kappa shape index (κ2) is 6.26. The Balaban J connectivity index is 2.45. The topological polar surface area (TPSA) is 43.8 Å². The zero-order valence-corrected chi connectivity index (χ0v) is 12.6. The van der Waals surface area contributed by atoms with Crippen LogP contribution in [0.15, 0.2) is 35.4 Å². The molecule has 0 atom stereocenters. The summed E-state index contributed by atoms with van der Waals surface area (Å²) >= 11 is 1.83. The molecule has 0 radical (unpaired) electrons. The summed E-state index contributed by atoms with van der Waals surface area (Å²) in [6, 6.07) is 8.36. The zero-order valence-electron chi connectivity index (χ0n) is 11.8. The van der Waals surface area contributed by atoms with Crippen LogP contribution < -0.4 is 5.73 Å². The minimum atomic E-state index is 0.441. The number of nitrogens with zero attached hydrogens (tertiary/aromatic N) is 2. The van der Waals surface area contributed by atoms with Gasteiger partial charge in [-0.1, -0.05) is 26.8 Å². The summed E-state index contributed by atoms with van der Waals surface area (Å²) in [5, 5.41) is 4.64. The van der Waals surface area contributed by atoms with Gasteiger partial charge >= 0.3 is 0 Å². The van der Waals surface area contributed by atoms with E-state index in [0.29, 0.717) is 12.5 Å². The fourth-order valence-electron chi connectivity index (χ4n) is 2.04. The third kappa shape index (κ3) is 3.01. The molecule has 0 aliphatic carbocycles. The zero-order chi connectivity index (χ0) is 13.8. The molecule has 19 heavy (non-hydrogen) atoms. The van der Waals surface area contributed by atoms with Crippen LogP contribution in [0.2, 0.25) is 0 Å². The first-order valence-electron chi connectivity index (χ1n) is 6.68. The van der Waals surface area contributed by atoms with E-state index in [-0.39, 0.29) is 0 Å². The summed E-state index contributed by atoms with van der Waals surface area (Å²) in [5.41, 5.74) is 9.30. The summed E-state index contributed by atoms with van der Waals surface area (Å²) < 4.78 is 1.94. The van der Waals surface area contributed by atoms with Crippen LogP contribution in [0.4, 0.5) is 0 Å². The summed E-state index contributed by atoms with van der Waals surface area (Å²) in [5.74, 6) is 1.49. The maximum absolute atomic E-state index is 5.93. The third-order valence-corrected chi connectivity index (χ3v) is 4.04. The first-order valence-corrected chi connectivity index (χ1v) is 7.66. The monoisotopic (exact) mass is 275 g/mol. The van der Waals surface area contributed by atoms with Crippen LogP contribution in [-0.4, -0.2) is 15.5 Å². The lowest BCUT2D eigenvalue weighted by atomic mass is 10.1. The highest BCUT2D eigenvalue weighted by molar-refractivity contribution is 7.99. The molecule has 4 heteroatoms. The van der Waals surface area contributed by atoms with Crippen molar-refractivity contribution in [2.24, 2.45) is 5.73 Å². The quantitative estimate of drug-likeness (QED) is 0.848. The minimum Gasteiger partial charge on any atom is -0.326 e. The Hall–Kier alpha value is -1.26. The molecule has 2 rings (SSSR count). The van der Waals surface area contributed by atoms with Crippen molar-refractivity contribution >= 4 is 11.8 Å². The fraction of sp³-hybridized carbons (Fsp3) is 0.400. The molecule has 0 bridgehead atoms. The highest BCUT2D eigenvalue weighted by Gasteiger charge is 2.11. The largest absolute Gasteiger partial charge is 0.326 e. The first-order chi connectivity index (χ1) is 9.17. The van der Waals surface area contributed by atoms with Gasteiger partial charge in [-0.05, 0) is 29.9 Å². The molecule has 102 valence electrons. The van der Waals surface area contributed by atoms with Gasteiger partial charge in [0.2, 0.25) is 0 Å². The van der Waals surface area contributed by atoms with Crippen molar-refractivity contribution in [3.05, 3.63) is 41.7 Å². The van der Waals surface area contributed by atoms with Crippen LogP contribution in [0.25, 0.3) is 5.69 Å². The van der Waals surface area contributed by atoms with E-state index in [4.69, 9.17) is 5.73 Å². The highest BCUT2D eigenvalue weighted by Crippen LogP contribution is 2.27. The Morgan fingerprint density at radius 3 is 2.68 bits per heavy atom. The van der Waals surface area contributed by atoms with Crippen LogP contribution in [0.3, 0.4) is 0 Å². The maximum atomic E-state index is 5.93. The fourth-order valence-corrected chi connectivity index (χ4v) is 2.89. The number of nitrogens with two attached hydrogens (primary N) is 1. The van der Waals surface area contributed by atoms with Gasteiger partial charge in [-0.15, -0.1) is 11.8 Å².